The van der Waals surface area contributed by atoms with Crippen LogP contribution in [0.4, 0.5) is 5.69 Å². The molecule has 3 nitrogen and oxygen atoms in total. The van der Waals surface area contributed by atoms with Gasteiger partial charge < -0.3 is 15.2 Å². The number of halogens is 1. The van der Waals surface area contributed by atoms with Gasteiger partial charge in [0.05, 0.1) is 12.3 Å². The van der Waals surface area contributed by atoms with E-state index in [0.29, 0.717) is 18.9 Å². The average molecular weight is 288 g/mol. The molecule has 0 saturated heterocycles. The second-order valence-corrected chi connectivity index (χ2v) is 4.52. The Morgan fingerprint density at radius 3 is 2.62 bits per heavy atom. The fourth-order valence-electron chi connectivity index (χ4n) is 1.40. The minimum atomic E-state index is 0.534. The first-order chi connectivity index (χ1) is 7.65. The number of rotatable bonds is 6. The van der Waals surface area contributed by atoms with Crippen molar-refractivity contribution in [3.8, 4) is 5.75 Å². The summed E-state index contributed by atoms with van der Waals surface area (Å²) in [5.74, 6) is 0.753. The minimum Gasteiger partial charge on any atom is -0.489 e. The van der Waals surface area contributed by atoms with Gasteiger partial charge in [0, 0.05) is 11.1 Å². The predicted molar refractivity (Wildman–Crippen MR) is 69.9 cm³/mol. The van der Waals surface area contributed by atoms with Crippen molar-refractivity contribution >= 4 is 21.6 Å². The number of ether oxygens (including phenoxy) is 2. The third-order valence-corrected chi connectivity index (χ3v) is 2.55. The molecule has 1 aromatic carbocycles. The molecule has 16 heavy (non-hydrogen) atoms. The lowest BCUT2D eigenvalue weighted by atomic mass is 10.2. The van der Waals surface area contributed by atoms with Crippen LogP contribution in [0.5, 0.6) is 5.75 Å². The third-order valence-electron chi connectivity index (χ3n) is 2.09. The molecule has 0 fully saturated rings. The van der Waals surface area contributed by atoms with Crippen LogP contribution in [0.15, 0.2) is 16.6 Å². The molecule has 0 bridgehead atoms. The molecule has 0 radical (unpaired) electrons. The van der Waals surface area contributed by atoms with E-state index in [4.69, 9.17) is 15.2 Å². The number of nitrogen functional groups attached to an aromatic ring is 1. The number of nitrogens with two attached hydrogens (primary N) is 1. The minimum absolute atomic E-state index is 0.534. The molecule has 0 spiro atoms. The van der Waals surface area contributed by atoms with E-state index in [1.54, 1.807) is 0 Å². The van der Waals surface area contributed by atoms with Crippen molar-refractivity contribution in [2.45, 2.75) is 20.3 Å². The van der Waals surface area contributed by atoms with Gasteiger partial charge in [-0.3, -0.25) is 0 Å². The summed E-state index contributed by atoms with van der Waals surface area (Å²) in [4.78, 5) is 0. The van der Waals surface area contributed by atoms with Gasteiger partial charge in [0.2, 0.25) is 0 Å². The lowest BCUT2D eigenvalue weighted by Gasteiger charge is -2.12. The zero-order valence-electron chi connectivity index (χ0n) is 9.75. The maximum absolute atomic E-state index is 5.87. The summed E-state index contributed by atoms with van der Waals surface area (Å²) in [5, 5.41) is 0. The third kappa shape index (κ3) is 4.02. The first-order valence-corrected chi connectivity index (χ1v) is 6.20. The number of benzene rings is 1. The van der Waals surface area contributed by atoms with E-state index < -0.39 is 0 Å². The molecule has 1 aromatic rings. The molecule has 0 aromatic heterocycles. The van der Waals surface area contributed by atoms with Gasteiger partial charge in [-0.05, 0) is 31.0 Å². The zero-order chi connectivity index (χ0) is 12.0. The number of aryl methyl sites for hydroxylation is 1. The maximum atomic E-state index is 5.87. The Balaban J connectivity index is 2.47. The molecule has 90 valence electrons. The van der Waals surface area contributed by atoms with Crippen LogP contribution in [0, 0.1) is 6.92 Å². The first-order valence-electron chi connectivity index (χ1n) is 5.41. The Bertz CT molecular complexity index is 319. The van der Waals surface area contributed by atoms with Crippen molar-refractivity contribution in [1.82, 2.24) is 0 Å². The highest BCUT2D eigenvalue weighted by Gasteiger charge is 2.05. The topological polar surface area (TPSA) is 44.5 Å². The largest absolute Gasteiger partial charge is 0.489 e. The number of anilines is 1. The normalized spacial score (nSPS) is 10.4. The van der Waals surface area contributed by atoms with Crippen molar-refractivity contribution in [2.75, 3.05) is 25.6 Å². The van der Waals surface area contributed by atoms with Gasteiger partial charge in [-0.15, -0.1) is 0 Å². The second-order valence-electron chi connectivity index (χ2n) is 3.60. The van der Waals surface area contributed by atoms with Gasteiger partial charge in [-0.2, -0.15) is 0 Å². The maximum Gasteiger partial charge on any atom is 0.145 e. The lowest BCUT2D eigenvalue weighted by molar-refractivity contribution is 0.101. The van der Waals surface area contributed by atoms with E-state index >= 15 is 0 Å². The van der Waals surface area contributed by atoms with Crippen LogP contribution in [-0.2, 0) is 4.74 Å². The highest BCUT2D eigenvalue weighted by Crippen LogP contribution is 2.29. The van der Waals surface area contributed by atoms with Gasteiger partial charge in [0.1, 0.15) is 12.4 Å². The molecule has 0 unspecified atom stereocenters. The summed E-state index contributed by atoms with van der Waals surface area (Å²) in [7, 11) is 0. The molecule has 0 aliphatic carbocycles. The SMILES string of the molecule is CCCOCCOc1c(C)cc(Br)cc1N. The van der Waals surface area contributed by atoms with Gasteiger partial charge in [-0.25, -0.2) is 0 Å². The fraction of sp³-hybridized carbons (Fsp3) is 0.500. The Hall–Kier alpha value is -0.740. The Morgan fingerprint density at radius 1 is 1.25 bits per heavy atom. The van der Waals surface area contributed by atoms with Crippen LogP contribution in [-0.4, -0.2) is 19.8 Å². The molecule has 0 amide bonds. The molecule has 1 rings (SSSR count). The van der Waals surface area contributed by atoms with E-state index in [-0.39, 0.29) is 0 Å². The van der Waals surface area contributed by atoms with Crippen LogP contribution in [0.1, 0.15) is 18.9 Å². The van der Waals surface area contributed by atoms with Crippen LogP contribution < -0.4 is 10.5 Å². The molecular formula is C12H18BrNO2. The van der Waals surface area contributed by atoms with Crippen molar-refractivity contribution < 1.29 is 9.47 Å². The van der Waals surface area contributed by atoms with Crippen molar-refractivity contribution in [1.29, 1.82) is 0 Å². The van der Waals surface area contributed by atoms with Crippen molar-refractivity contribution in [3.05, 3.63) is 22.2 Å². The van der Waals surface area contributed by atoms with Gasteiger partial charge >= 0.3 is 0 Å². The molecule has 0 heterocycles. The smallest absolute Gasteiger partial charge is 0.145 e. The highest BCUT2D eigenvalue weighted by molar-refractivity contribution is 9.10. The summed E-state index contributed by atoms with van der Waals surface area (Å²) in [6, 6.07) is 3.83. The van der Waals surface area contributed by atoms with Crippen LogP contribution in [0.2, 0.25) is 0 Å². The Kier molecular flexibility index (Phi) is 5.63. The van der Waals surface area contributed by atoms with Gasteiger partial charge in [0.15, 0.2) is 0 Å². The Labute approximate surface area is 105 Å². The highest BCUT2D eigenvalue weighted by atomic mass is 79.9. The quantitative estimate of drug-likeness (QED) is 0.646. The van der Waals surface area contributed by atoms with E-state index in [0.717, 1.165) is 28.8 Å². The lowest BCUT2D eigenvalue weighted by Crippen LogP contribution is -2.09. The summed E-state index contributed by atoms with van der Waals surface area (Å²) < 4.78 is 11.9. The standard InChI is InChI=1S/C12H18BrNO2/c1-3-4-15-5-6-16-12-9(2)7-10(13)8-11(12)14/h7-8H,3-6,14H2,1-2H3. The van der Waals surface area contributed by atoms with E-state index in [9.17, 15) is 0 Å². The summed E-state index contributed by atoms with van der Waals surface area (Å²) in [6.07, 6.45) is 1.03. The number of hydrogen-bond acceptors (Lipinski definition) is 3. The van der Waals surface area contributed by atoms with Gasteiger partial charge in [0.25, 0.3) is 0 Å². The fourth-order valence-corrected chi connectivity index (χ4v) is 1.99. The molecule has 0 saturated carbocycles. The van der Waals surface area contributed by atoms with Crippen molar-refractivity contribution in [3.63, 3.8) is 0 Å². The predicted octanol–water partition coefficient (Wildman–Crippen LogP) is 3.15. The molecular weight excluding hydrogens is 270 g/mol. The molecule has 0 atom stereocenters. The molecule has 4 heteroatoms. The van der Waals surface area contributed by atoms with Gasteiger partial charge in [-0.1, -0.05) is 22.9 Å². The van der Waals surface area contributed by atoms with Crippen LogP contribution in [0.25, 0.3) is 0 Å². The average Bonchev–Trinajstić information content (AvgIpc) is 2.20. The zero-order valence-corrected chi connectivity index (χ0v) is 11.3. The second kappa shape index (κ2) is 6.76. The first kappa shape index (κ1) is 13.3. The van der Waals surface area contributed by atoms with Crippen LogP contribution >= 0.6 is 15.9 Å². The molecule has 0 aliphatic heterocycles. The number of hydrogen-bond donors (Lipinski definition) is 1. The molecule has 0 aliphatic rings. The van der Waals surface area contributed by atoms with Crippen molar-refractivity contribution in [2.24, 2.45) is 0 Å². The Morgan fingerprint density at radius 2 is 2.00 bits per heavy atom. The summed E-state index contributed by atoms with van der Waals surface area (Å²) in [6.45, 7) is 5.97. The van der Waals surface area contributed by atoms with Crippen LogP contribution in [0.3, 0.4) is 0 Å². The van der Waals surface area contributed by atoms with E-state index in [1.807, 2.05) is 19.1 Å². The summed E-state index contributed by atoms with van der Waals surface area (Å²) >= 11 is 3.39. The molecule has 2 N–H and O–H groups in total. The van der Waals surface area contributed by atoms with E-state index in [1.165, 1.54) is 0 Å². The van der Waals surface area contributed by atoms with E-state index in [2.05, 4.69) is 22.9 Å². The summed E-state index contributed by atoms with van der Waals surface area (Å²) in [5.41, 5.74) is 7.55. The monoisotopic (exact) mass is 287 g/mol.